The van der Waals surface area contributed by atoms with Gasteiger partial charge in [0.15, 0.2) is 0 Å². The van der Waals surface area contributed by atoms with Gasteiger partial charge in [0.05, 0.1) is 27.8 Å². The molecule has 6 heteroatoms. The van der Waals surface area contributed by atoms with Gasteiger partial charge in [0, 0.05) is 39.6 Å². The summed E-state index contributed by atoms with van der Waals surface area (Å²) >= 11 is 0. The molecule has 12 rings (SSSR count). The maximum atomic E-state index is 5.16. The third-order valence-corrected chi connectivity index (χ3v) is 13.6. The lowest BCUT2D eigenvalue weighted by atomic mass is 9.20. The molecule has 292 valence electrons. The van der Waals surface area contributed by atoms with Crippen LogP contribution in [0.3, 0.4) is 0 Å². The Bertz CT molecular complexity index is 3550. The van der Waals surface area contributed by atoms with Crippen molar-refractivity contribution in [2.24, 2.45) is 0 Å². The Balaban J connectivity index is 1.25. The van der Waals surface area contributed by atoms with E-state index in [1.807, 2.05) is 24.5 Å². The van der Waals surface area contributed by atoms with Gasteiger partial charge in [-0.1, -0.05) is 164 Å². The van der Waals surface area contributed by atoms with E-state index in [0.717, 1.165) is 39.3 Å². The van der Waals surface area contributed by atoms with Crippen molar-refractivity contribution < 1.29 is 0 Å². The number of hydrogen-bond acceptors (Lipinski definition) is 2. The summed E-state index contributed by atoms with van der Waals surface area (Å²) in [5.41, 5.74) is 21.1. The predicted molar refractivity (Wildman–Crippen MR) is 264 cm³/mol. The summed E-state index contributed by atoms with van der Waals surface area (Å²) in [6.07, 6.45) is 3.82. The molecule has 0 saturated carbocycles. The summed E-state index contributed by atoms with van der Waals surface area (Å²) in [7, 11) is 0. The Morgan fingerprint density at radius 2 is 0.903 bits per heavy atom. The Kier molecular flexibility index (Phi) is 8.27. The fourth-order valence-corrected chi connectivity index (χ4v) is 11.1. The zero-order valence-electron chi connectivity index (χ0n) is 35.3. The van der Waals surface area contributed by atoms with E-state index in [1.54, 1.807) is 0 Å². The molecule has 4 nitrogen and oxygen atoms in total. The number of rotatable bonds is 5. The molecule has 0 aliphatic carbocycles. The van der Waals surface area contributed by atoms with E-state index in [-0.39, 0.29) is 13.4 Å². The van der Waals surface area contributed by atoms with Crippen molar-refractivity contribution in [1.82, 2.24) is 19.1 Å². The minimum Gasteiger partial charge on any atom is -0.309 e. The van der Waals surface area contributed by atoms with Gasteiger partial charge in [0.25, 0.3) is 0 Å². The highest BCUT2D eigenvalue weighted by molar-refractivity contribution is 7.12. The van der Waals surface area contributed by atoms with Gasteiger partial charge in [-0.3, -0.25) is 9.55 Å². The van der Waals surface area contributed by atoms with E-state index >= 15 is 0 Å². The first-order valence-electron chi connectivity index (χ1n) is 21.6. The maximum Gasteiger partial charge on any atom is 0.241 e. The Hall–Kier alpha value is -7.43. The zero-order chi connectivity index (χ0) is 41.6. The Labute approximate surface area is 362 Å². The second-order valence-electron chi connectivity index (χ2n) is 17.1. The van der Waals surface area contributed by atoms with Gasteiger partial charge in [-0.25, -0.2) is 4.98 Å². The molecule has 0 N–H and O–H groups in total. The molecule has 0 atom stereocenters. The molecule has 0 spiro atoms. The highest BCUT2D eigenvalue weighted by Crippen LogP contribution is 2.39. The number of hydrogen-bond donors (Lipinski definition) is 0. The second kappa shape index (κ2) is 14.1. The van der Waals surface area contributed by atoms with Crippen LogP contribution in [0.2, 0.25) is 0 Å². The van der Waals surface area contributed by atoms with E-state index in [0.29, 0.717) is 0 Å². The fraction of sp³-hybridized carbons (Fsp3) is 0.0714. The second-order valence-corrected chi connectivity index (χ2v) is 17.1. The van der Waals surface area contributed by atoms with Gasteiger partial charge < -0.3 is 4.57 Å². The largest absolute Gasteiger partial charge is 0.309 e. The summed E-state index contributed by atoms with van der Waals surface area (Å²) in [6.45, 7) is 9.12. The molecular formula is C56H42B2N4. The number of para-hydroxylation sites is 2. The van der Waals surface area contributed by atoms with E-state index < -0.39 is 0 Å². The van der Waals surface area contributed by atoms with E-state index in [9.17, 15) is 0 Å². The SMILES string of the molecule is Cc1cccc(C)c1B1c2ccccc2B(c2c(C)cccc2C)c2c1cc(-n1c3ccccc3c3cc4c5ccccc5n(-c5ccccn5)c4cc31)cc2-c1ccccn1. The zero-order valence-corrected chi connectivity index (χ0v) is 35.3. The van der Waals surface area contributed by atoms with Crippen LogP contribution in [0.1, 0.15) is 22.3 Å². The van der Waals surface area contributed by atoms with Crippen LogP contribution in [0, 0.1) is 27.7 Å². The summed E-state index contributed by atoms with van der Waals surface area (Å²) in [5, 5.41) is 4.87. The van der Waals surface area contributed by atoms with Crippen molar-refractivity contribution in [3.8, 4) is 22.8 Å². The normalized spacial score (nSPS) is 12.5. The average molecular weight is 793 g/mol. The number of pyridine rings is 2. The molecule has 0 bridgehead atoms. The summed E-state index contributed by atoms with van der Waals surface area (Å²) in [6, 6.07) is 62.6. The smallest absolute Gasteiger partial charge is 0.241 e. The third-order valence-electron chi connectivity index (χ3n) is 13.6. The van der Waals surface area contributed by atoms with Crippen LogP contribution in [0.5, 0.6) is 0 Å². The Morgan fingerprint density at radius 1 is 0.371 bits per heavy atom. The number of benzene rings is 7. The topological polar surface area (TPSA) is 35.6 Å². The maximum absolute atomic E-state index is 5.16. The fourth-order valence-electron chi connectivity index (χ4n) is 11.1. The van der Waals surface area contributed by atoms with Gasteiger partial charge in [-0.15, -0.1) is 0 Å². The Morgan fingerprint density at radius 3 is 1.52 bits per heavy atom. The highest BCUT2D eigenvalue weighted by Gasteiger charge is 2.42. The molecule has 0 amide bonds. The van der Waals surface area contributed by atoms with Crippen LogP contribution in [0.4, 0.5) is 0 Å². The molecule has 0 fully saturated rings. The predicted octanol–water partition coefficient (Wildman–Crippen LogP) is 8.92. The first kappa shape index (κ1) is 36.4. The first-order chi connectivity index (χ1) is 30.5. The average Bonchev–Trinajstić information content (AvgIpc) is 3.80. The lowest BCUT2D eigenvalue weighted by Gasteiger charge is -2.36. The molecule has 5 heterocycles. The standard InChI is InChI=1S/C56H42B2N4/c1-35-17-15-18-36(2)54(35)57-45-23-7-8-24-46(45)58(55-37(3)19-16-20-38(55)4)56-44(48-25-11-13-29-59-48)31-39(32-47(56)57)61-49-26-9-5-21-40(49)42-33-43-41-22-6-10-27-50(41)62(52(43)34-51(42)61)53-28-12-14-30-60-53/h5-34H,1-4H3. The van der Waals surface area contributed by atoms with Crippen LogP contribution in [0.25, 0.3) is 66.4 Å². The van der Waals surface area contributed by atoms with Crippen LogP contribution in [-0.2, 0) is 0 Å². The van der Waals surface area contributed by atoms with E-state index in [1.165, 1.54) is 82.1 Å². The minimum atomic E-state index is -0.00290. The van der Waals surface area contributed by atoms with Crippen molar-refractivity contribution >= 4 is 89.8 Å². The molecule has 62 heavy (non-hydrogen) atoms. The van der Waals surface area contributed by atoms with Crippen LogP contribution >= 0.6 is 0 Å². The lowest BCUT2D eigenvalue weighted by Crippen LogP contribution is -2.76. The van der Waals surface area contributed by atoms with Crippen molar-refractivity contribution in [2.45, 2.75) is 27.7 Å². The summed E-state index contributed by atoms with van der Waals surface area (Å²) in [5.74, 6) is 0.902. The van der Waals surface area contributed by atoms with Gasteiger partial charge in [0.1, 0.15) is 5.82 Å². The van der Waals surface area contributed by atoms with Crippen molar-refractivity contribution in [2.75, 3.05) is 0 Å². The number of aromatic nitrogens is 4. The summed E-state index contributed by atoms with van der Waals surface area (Å²) < 4.78 is 4.83. The molecule has 7 aromatic carbocycles. The van der Waals surface area contributed by atoms with Crippen molar-refractivity contribution in [3.05, 3.63) is 205 Å². The van der Waals surface area contributed by atoms with Gasteiger partial charge in [0.2, 0.25) is 13.4 Å². The number of fused-ring (bicyclic) bond motifs is 8. The molecule has 11 aromatic rings. The van der Waals surface area contributed by atoms with E-state index in [4.69, 9.17) is 9.97 Å². The number of nitrogens with zero attached hydrogens (tertiary/aromatic N) is 4. The molecule has 4 aromatic heterocycles. The molecular weight excluding hydrogens is 750 g/mol. The molecule has 0 saturated heterocycles. The summed E-state index contributed by atoms with van der Waals surface area (Å²) in [4.78, 5) is 10.0. The van der Waals surface area contributed by atoms with Gasteiger partial charge in [-0.2, -0.15) is 0 Å². The monoisotopic (exact) mass is 792 g/mol. The molecule has 0 radical (unpaired) electrons. The van der Waals surface area contributed by atoms with Crippen molar-refractivity contribution in [1.29, 1.82) is 0 Å². The quantitative estimate of drug-likeness (QED) is 0.163. The lowest BCUT2D eigenvalue weighted by molar-refractivity contribution is 1.08. The van der Waals surface area contributed by atoms with Crippen molar-refractivity contribution in [3.63, 3.8) is 0 Å². The van der Waals surface area contributed by atoms with E-state index in [2.05, 4.69) is 195 Å². The molecule has 0 unspecified atom stereocenters. The van der Waals surface area contributed by atoms with Crippen LogP contribution in [-0.4, -0.2) is 32.5 Å². The van der Waals surface area contributed by atoms with Crippen LogP contribution in [0.15, 0.2) is 182 Å². The first-order valence-corrected chi connectivity index (χ1v) is 21.6. The number of aryl methyl sites for hydroxylation is 4. The van der Waals surface area contributed by atoms with Gasteiger partial charge >= 0.3 is 0 Å². The van der Waals surface area contributed by atoms with Crippen LogP contribution < -0.4 is 32.8 Å². The molecule has 1 aliphatic heterocycles. The minimum absolute atomic E-state index is 0.000820. The highest BCUT2D eigenvalue weighted by atomic mass is 15.1. The van der Waals surface area contributed by atoms with Gasteiger partial charge in [-0.05, 0) is 93.9 Å². The molecule has 1 aliphatic rings. The third kappa shape index (κ3) is 5.36.